The molecule has 1 heterocycles. The molecule has 0 spiro atoms. The Morgan fingerprint density at radius 3 is 2.65 bits per heavy atom. The van der Waals surface area contributed by atoms with E-state index in [1.807, 2.05) is 13.0 Å². The van der Waals surface area contributed by atoms with Crippen LogP contribution in [0.5, 0.6) is 0 Å². The lowest BCUT2D eigenvalue weighted by atomic mass is 9.96. The molecule has 0 aromatic heterocycles. The molecular weight excluding hydrogens is 248 g/mol. The van der Waals surface area contributed by atoms with Crippen molar-refractivity contribution in [3.05, 3.63) is 29.3 Å². The Morgan fingerprint density at radius 2 is 2.05 bits per heavy atom. The number of nitrogens with zero attached hydrogens (tertiary/aromatic N) is 2. The highest BCUT2D eigenvalue weighted by Gasteiger charge is 2.19. The third-order valence-corrected chi connectivity index (χ3v) is 4.22. The fourth-order valence-electron chi connectivity index (χ4n) is 2.93. The zero-order valence-electron chi connectivity index (χ0n) is 12.8. The fraction of sp³-hybridized carbons (Fsp3) is 0.562. The average Bonchev–Trinajstić information content (AvgIpc) is 2.41. The van der Waals surface area contributed by atoms with Gasteiger partial charge in [0.1, 0.15) is 5.84 Å². The van der Waals surface area contributed by atoms with Crippen LogP contribution in [0.3, 0.4) is 0 Å². The number of piperidine rings is 1. The zero-order chi connectivity index (χ0) is 14.7. The van der Waals surface area contributed by atoms with Crippen molar-refractivity contribution in [2.45, 2.75) is 19.8 Å². The van der Waals surface area contributed by atoms with E-state index in [1.54, 1.807) is 0 Å². The Morgan fingerprint density at radius 1 is 1.40 bits per heavy atom. The quantitative estimate of drug-likeness (QED) is 0.652. The number of hydrogen-bond donors (Lipinski definition) is 2. The molecule has 0 atom stereocenters. The molecule has 1 saturated heterocycles. The van der Waals surface area contributed by atoms with Crippen LogP contribution in [0.1, 0.15) is 24.0 Å². The van der Waals surface area contributed by atoms with Gasteiger partial charge in [-0.1, -0.05) is 11.6 Å². The molecule has 0 aliphatic carbocycles. The summed E-state index contributed by atoms with van der Waals surface area (Å²) < 4.78 is 0. The van der Waals surface area contributed by atoms with Crippen molar-refractivity contribution in [1.29, 1.82) is 5.41 Å². The molecule has 110 valence electrons. The van der Waals surface area contributed by atoms with E-state index >= 15 is 0 Å². The Balaban J connectivity index is 2.09. The van der Waals surface area contributed by atoms with Crippen LogP contribution in [-0.4, -0.2) is 44.5 Å². The van der Waals surface area contributed by atoms with Gasteiger partial charge in [0.25, 0.3) is 0 Å². The molecular formula is C16H26N4. The first-order valence-corrected chi connectivity index (χ1v) is 7.32. The Kier molecular flexibility index (Phi) is 4.65. The second kappa shape index (κ2) is 6.27. The SMILES string of the molecule is Cc1ccc(N(C)CC2CCN(C)CC2)c(C(=N)N)c1. The minimum atomic E-state index is 0.152. The van der Waals surface area contributed by atoms with Gasteiger partial charge in [0.05, 0.1) is 0 Å². The van der Waals surface area contributed by atoms with Crippen molar-refractivity contribution in [2.75, 3.05) is 38.6 Å². The van der Waals surface area contributed by atoms with E-state index in [1.165, 1.54) is 25.9 Å². The van der Waals surface area contributed by atoms with Gasteiger partial charge in [-0.3, -0.25) is 5.41 Å². The largest absolute Gasteiger partial charge is 0.384 e. The van der Waals surface area contributed by atoms with E-state index in [0.29, 0.717) is 0 Å². The number of hydrogen-bond acceptors (Lipinski definition) is 3. The lowest BCUT2D eigenvalue weighted by Gasteiger charge is -2.33. The Bertz CT molecular complexity index is 475. The number of amidine groups is 1. The van der Waals surface area contributed by atoms with Crippen molar-refractivity contribution in [2.24, 2.45) is 11.7 Å². The summed E-state index contributed by atoms with van der Waals surface area (Å²) in [5, 5.41) is 7.76. The summed E-state index contributed by atoms with van der Waals surface area (Å²) in [6, 6.07) is 6.18. The van der Waals surface area contributed by atoms with Crippen LogP contribution in [0.2, 0.25) is 0 Å². The highest BCUT2D eigenvalue weighted by atomic mass is 15.1. The van der Waals surface area contributed by atoms with Crippen molar-refractivity contribution in [1.82, 2.24) is 4.90 Å². The van der Waals surface area contributed by atoms with Gasteiger partial charge >= 0.3 is 0 Å². The maximum atomic E-state index is 7.76. The summed E-state index contributed by atoms with van der Waals surface area (Å²) in [7, 11) is 4.29. The highest BCUT2D eigenvalue weighted by molar-refractivity contribution is 6.00. The highest BCUT2D eigenvalue weighted by Crippen LogP contribution is 2.24. The van der Waals surface area contributed by atoms with Gasteiger partial charge in [-0.15, -0.1) is 0 Å². The lowest BCUT2D eigenvalue weighted by molar-refractivity contribution is 0.222. The van der Waals surface area contributed by atoms with Crippen LogP contribution in [0, 0.1) is 18.3 Å². The van der Waals surface area contributed by atoms with Gasteiger partial charge in [0.15, 0.2) is 0 Å². The first-order valence-electron chi connectivity index (χ1n) is 7.32. The zero-order valence-corrected chi connectivity index (χ0v) is 12.8. The van der Waals surface area contributed by atoms with Gasteiger partial charge in [-0.2, -0.15) is 0 Å². The van der Waals surface area contributed by atoms with E-state index in [2.05, 4.69) is 36.0 Å². The van der Waals surface area contributed by atoms with Crippen LogP contribution in [0.4, 0.5) is 5.69 Å². The van der Waals surface area contributed by atoms with E-state index in [4.69, 9.17) is 11.1 Å². The number of nitrogen functional groups attached to an aromatic ring is 1. The molecule has 1 fully saturated rings. The van der Waals surface area contributed by atoms with Gasteiger partial charge in [0.2, 0.25) is 0 Å². The molecule has 20 heavy (non-hydrogen) atoms. The second-order valence-corrected chi connectivity index (χ2v) is 6.06. The number of rotatable bonds is 4. The molecule has 0 radical (unpaired) electrons. The monoisotopic (exact) mass is 274 g/mol. The standard InChI is InChI=1S/C16H26N4/c1-12-4-5-15(14(10-12)16(17)18)20(3)11-13-6-8-19(2)9-7-13/h4-5,10,13H,6-9,11H2,1-3H3,(H3,17,18). The number of anilines is 1. The van der Waals surface area contributed by atoms with Gasteiger partial charge in [0, 0.05) is 24.8 Å². The topological polar surface area (TPSA) is 56.4 Å². The molecule has 3 N–H and O–H groups in total. The predicted molar refractivity (Wildman–Crippen MR) is 85.7 cm³/mol. The lowest BCUT2D eigenvalue weighted by Crippen LogP contribution is -2.36. The van der Waals surface area contributed by atoms with E-state index in [0.717, 1.165) is 29.3 Å². The van der Waals surface area contributed by atoms with Crippen molar-refractivity contribution < 1.29 is 0 Å². The fourth-order valence-corrected chi connectivity index (χ4v) is 2.93. The molecule has 4 nitrogen and oxygen atoms in total. The molecule has 0 saturated carbocycles. The molecule has 1 aromatic carbocycles. The average molecular weight is 274 g/mol. The maximum Gasteiger partial charge on any atom is 0.124 e. The smallest absolute Gasteiger partial charge is 0.124 e. The molecule has 1 aliphatic rings. The van der Waals surface area contributed by atoms with Crippen LogP contribution in [0.25, 0.3) is 0 Å². The molecule has 4 heteroatoms. The summed E-state index contributed by atoms with van der Waals surface area (Å²) in [5.74, 6) is 0.885. The van der Waals surface area contributed by atoms with Crippen molar-refractivity contribution >= 4 is 11.5 Å². The summed E-state index contributed by atoms with van der Waals surface area (Å²) in [6.07, 6.45) is 2.50. The number of aryl methyl sites for hydroxylation is 1. The minimum Gasteiger partial charge on any atom is -0.384 e. The van der Waals surface area contributed by atoms with Gasteiger partial charge in [-0.05, 0) is 58.0 Å². The van der Waals surface area contributed by atoms with Crippen LogP contribution in [0.15, 0.2) is 18.2 Å². The van der Waals surface area contributed by atoms with Crippen molar-refractivity contribution in [3.8, 4) is 0 Å². The maximum absolute atomic E-state index is 7.76. The number of nitrogens with two attached hydrogens (primary N) is 1. The van der Waals surface area contributed by atoms with Crippen LogP contribution in [-0.2, 0) is 0 Å². The molecule has 2 rings (SSSR count). The Hall–Kier alpha value is -1.55. The molecule has 0 amide bonds. The van der Waals surface area contributed by atoms with Gasteiger partial charge < -0.3 is 15.5 Å². The molecule has 0 bridgehead atoms. The summed E-state index contributed by atoms with van der Waals surface area (Å²) in [5.41, 5.74) is 8.79. The Labute approximate surface area is 122 Å². The van der Waals surface area contributed by atoms with Crippen LogP contribution >= 0.6 is 0 Å². The summed E-state index contributed by atoms with van der Waals surface area (Å²) >= 11 is 0. The van der Waals surface area contributed by atoms with E-state index < -0.39 is 0 Å². The van der Waals surface area contributed by atoms with E-state index in [-0.39, 0.29) is 5.84 Å². The summed E-state index contributed by atoms with van der Waals surface area (Å²) in [6.45, 7) is 5.45. The summed E-state index contributed by atoms with van der Waals surface area (Å²) in [4.78, 5) is 4.65. The predicted octanol–water partition coefficient (Wildman–Crippen LogP) is 2.06. The molecule has 1 aromatic rings. The first-order chi connectivity index (χ1) is 9.47. The minimum absolute atomic E-state index is 0.152. The molecule has 0 unspecified atom stereocenters. The van der Waals surface area contributed by atoms with Gasteiger partial charge in [-0.25, -0.2) is 0 Å². The first kappa shape index (κ1) is 14.9. The third-order valence-electron chi connectivity index (χ3n) is 4.22. The number of benzene rings is 1. The third kappa shape index (κ3) is 3.51. The van der Waals surface area contributed by atoms with Crippen molar-refractivity contribution in [3.63, 3.8) is 0 Å². The number of likely N-dealkylation sites (tertiary alicyclic amines) is 1. The van der Waals surface area contributed by atoms with E-state index in [9.17, 15) is 0 Å². The number of nitrogens with one attached hydrogen (secondary N) is 1. The normalized spacial score (nSPS) is 17.1. The second-order valence-electron chi connectivity index (χ2n) is 6.06. The van der Waals surface area contributed by atoms with Crippen LogP contribution < -0.4 is 10.6 Å². The molecule has 1 aliphatic heterocycles.